The number of amides is 1. The highest BCUT2D eigenvalue weighted by Crippen LogP contribution is 2.21. The number of aromatic amines is 1. The van der Waals surface area contributed by atoms with Crippen LogP contribution >= 0.6 is 0 Å². The lowest BCUT2D eigenvalue weighted by molar-refractivity contribution is -0.131. The van der Waals surface area contributed by atoms with E-state index in [1.165, 1.54) is 13.1 Å². The van der Waals surface area contributed by atoms with Gasteiger partial charge in [0, 0.05) is 18.1 Å². The minimum atomic E-state index is -0.381. The summed E-state index contributed by atoms with van der Waals surface area (Å²) in [5, 5.41) is 3.98. The molecule has 0 aliphatic carbocycles. The molecule has 0 saturated heterocycles. The highest BCUT2D eigenvalue weighted by atomic mass is 16.5. The van der Waals surface area contributed by atoms with Crippen molar-refractivity contribution in [3.63, 3.8) is 0 Å². The van der Waals surface area contributed by atoms with Gasteiger partial charge in [-0.05, 0) is 48.0 Å². The van der Waals surface area contributed by atoms with E-state index in [1.807, 2.05) is 30.3 Å². The van der Waals surface area contributed by atoms with E-state index in [1.54, 1.807) is 42.5 Å². The molecule has 1 heterocycles. The minimum Gasteiger partial charge on any atom is -0.427 e. The van der Waals surface area contributed by atoms with E-state index in [9.17, 15) is 9.59 Å². The van der Waals surface area contributed by atoms with Crippen molar-refractivity contribution < 1.29 is 14.3 Å². The number of fused-ring (bicyclic) bond motifs is 1. The van der Waals surface area contributed by atoms with E-state index in [-0.39, 0.29) is 11.9 Å². The fourth-order valence-corrected chi connectivity index (χ4v) is 2.90. The fourth-order valence-electron chi connectivity index (χ4n) is 2.90. The zero-order valence-electron chi connectivity index (χ0n) is 16.1. The molecule has 0 aliphatic heterocycles. The van der Waals surface area contributed by atoms with Crippen LogP contribution in [-0.4, -0.2) is 28.1 Å². The number of nitrogens with one attached hydrogen (secondary N) is 2. The van der Waals surface area contributed by atoms with Gasteiger partial charge in [0.15, 0.2) is 0 Å². The van der Waals surface area contributed by atoms with Crippen molar-refractivity contribution in [3.8, 4) is 17.1 Å². The number of hydrazone groups is 1. The van der Waals surface area contributed by atoms with Gasteiger partial charge in [-0.2, -0.15) is 5.10 Å². The number of hydrogen-bond acceptors (Lipinski definition) is 5. The number of H-pyrrole nitrogens is 1. The number of carbonyl (C=O) groups excluding carboxylic acids is 2. The Morgan fingerprint density at radius 3 is 2.53 bits per heavy atom. The minimum absolute atomic E-state index is 0.333. The van der Waals surface area contributed by atoms with Gasteiger partial charge in [0.25, 0.3) is 5.91 Å². The molecule has 2 N–H and O–H groups in total. The van der Waals surface area contributed by atoms with Crippen molar-refractivity contribution in [2.75, 3.05) is 0 Å². The lowest BCUT2D eigenvalue weighted by Gasteiger charge is -2.01. The summed E-state index contributed by atoms with van der Waals surface area (Å²) in [5.41, 5.74) is 6.25. The molecule has 0 saturated carbocycles. The van der Waals surface area contributed by atoms with Gasteiger partial charge in [-0.3, -0.25) is 9.59 Å². The number of rotatable bonds is 5. The van der Waals surface area contributed by atoms with E-state index in [4.69, 9.17) is 4.74 Å². The summed E-state index contributed by atoms with van der Waals surface area (Å²) in [6.45, 7) is 1.34. The molecular formula is C23H18N4O3. The third-order valence-electron chi connectivity index (χ3n) is 4.31. The molecule has 0 unspecified atom stereocenters. The molecule has 3 aromatic carbocycles. The summed E-state index contributed by atoms with van der Waals surface area (Å²) in [6.07, 6.45) is 1.51. The maximum absolute atomic E-state index is 12.4. The van der Waals surface area contributed by atoms with Gasteiger partial charge in [-0.25, -0.2) is 10.4 Å². The zero-order valence-corrected chi connectivity index (χ0v) is 16.1. The van der Waals surface area contributed by atoms with E-state index in [2.05, 4.69) is 20.5 Å². The molecule has 4 aromatic rings. The van der Waals surface area contributed by atoms with Crippen LogP contribution in [0.5, 0.6) is 5.75 Å². The largest absolute Gasteiger partial charge is 0.427 e. The maximum Gasteiger partial charge on any atom is 0.308 e. The Morgan fingerprint density at radius 1 is 1.03 bits per heavy atom. The van der Waals surface area contributed by atoms with Crippen LogP contribution in [-0.2, 0) is 4.79 Å². The van der Waals surface area contributed by atoms with Crippen molar-refractivity contribution in [2.45, 2.75) is 6.92 Å². The van der Waals surface area contributed by atoms with Crippen molar-refractivity contribution in [2.24, 2.45) is 5.10 Å². The van der Waals surface area contributed by atoms with Crippen LogP contribution in [0.4, 0.5) is 0 Å². The van der Waals surface area contributed by atoms with Gasteiger partial charge in [-0.15, -0.1) is 0 Å². The standard InChI is InChI=1S/C23H18N4O3/c1-15(28)30-19-10-7-16(8-11-19)14-24-27-23(29)18-9-12-20-21(13-18)26-22(25-20)17-5-3-2-4-6-17/h2-14H,1H3,(H,25,26)(H,27,29)/b24-14+. The molecule has 0 fully saturated rings. The average molecular weight is 398 g/mol. The van der Waals surface area contributed by atoms with Crippen LogP contribution in [0.15, 0.2) is 77.9 Å². The second-order valence-corrected chi connectivity index (χ2v) is 6.55. The quantitative estimate of drug-likeness (QED) is 0.230. The third-order valence-corrected chi connectivity index (χ3v) is 4.31. The van der Waals surface area contributed by atoms with E-state index < -0.39 is 0 Å². The van der Waals surface area contributed by atoms with Crippen molar-refractivity contribution in [1.29, 1.82) is 0 Å². The number of imidazole rings is 1. The maximum atomic E-state index is 12.4. The number of hydrogen-bond donors (Lipinski definition) is 2. The average Bonchev–Trinajstić information content (AvgIpc) is 3.18. The normalized spacial score (nSPS) is 11.0. The smallest absolute Gasteiger partial charge is 0.308 e. The third kappa shape index (κ3) is 4.41. The second-order valence-electron chi connectivity index (χ2n) is 6.55. The number of ether oxygens (including phenoxy) is 1. The van der Waals surface area contributed by atoms with E-state index in [0.29, 0.717) is 11.3 Å². The Bertz CT molecular complexity index is 1230. The Kier molecular flexibility index (Phi) is 5.34. The molecule has 0 radical (unpaired) electrons. The predicted octanol–water partition coefficient (Wildman–Crippen LogP) is 3.92. The Labute approximate surface area is 172 Å². The molecule has 0 aliphatic rings. The van der Waals surface area contributed by atoms with Gasteiger partial charge >= 0.3 is 5.97 Å². The number of carbonyl (C=O) groups is 2. The molecule has 1 amide bonds. The number of benzene rings is 3. The van der Waals surface area contributed by atoms with Crippen LogP contribution in [0.1, 0.15) is 22.8 Å². The van der Waals surface area contributed by atoms with E-state index >= 15 is 0 Å². The van der Waals surface area contributed by atoms with Crippen molar-refractivity contribution >= 4 is 29.1 Å². The van der Waals surface area contributed by atoms with Crippen LogP contribution in [0.2, 0.25) is 0 Å². The molecule has 0 spiro atoms. The summed E-state index contributed by atoms with van der Waals surface area (Å²) < 4.78 is 4.97. The first kappa shape index (κ1) is 19.1. The fraction of sp³-hybridized carbons (Fsp3) is 0.0435. The Balaban J connectivity index is 1.44. The highest BCUT2D eigenvalue weighted by molar-refractivity contribution is 5.98. The molecule has 0 atom stereocenters. The van der Waals surface area contributed by atoms with Gasteiger partial charge in [0.2, 0.25) is 0 Å². The number of aromatic nitrogens is 2. The van der Waals surface area contributed by atoms with Crippen LogP contribution in [0.3, 0.4) is 0 Å². The first-order chi connectivity index (χ1) is 14.6. The molecule has 148 valence electrons. The zero-order chi connectivity index (χ0) is 20.9. The number of nitrogens with zero attached hydrogens (tertiary/aromatic N) is 2. The van der Waals surface area contributed by atoms with Crippen LogP contribution < -0.4 is 10.2 Å². The molecule has 0 bridgehead atoms. The number of esters is 1. The molecule has 7 heteroatoms. The topological polar surface area (TPSA) is 96.4 Å². The first-order valence-corrected chi connectivity index (χ1v) is 9.25. The highest BCUT2D eigenvalue weighted by Gasteiger charge is 2.09. The van der Waals surface area contributed by atoms with Gasteiger partial charge in [0.1, 0.15) is 11.6 Å². The molecular weight excluding hydrogens is 380 g/mol. The summed E-state index contributed by atoms with van der Waals surface area (Å²) in [6, 6.07) is 21.8. The summed E-state index contributed by atoms with van der Waals surface area (Å²) in [7, 11) is 0. The van der Waals surface area contributed by atoms with Crippen LogP contribution in [0, 0.1) is 0 Å². The van der Waals surface area contributed by atoms with Crippen LogP contribution in [0.25, 0.3) is 22.4 Å². The summed E-state index contributed by atoms with van der Waals surface area (Å²) in [4.78, 5) is 31.2. The molecule has 1 aromatic heterocycles. The molecule has 4 rings (SSSR count). The van der Waals surface area contributed by atoms with Gasteiger partial charge in [-0.1, -0.05) is 30.3 Å². The van der Waals surface area contributed by atoms with Gasteiger partial charge < -0.3 is 9.72 Å². The molecule has 7 nitrogen and oxygen atoms in total. The van der Waals surface area contributed by atoms with Crippen molar-refractivity contribution in [3.05, 3.63) is 83.9 Å². The monoisotopic (exact) mass is 398 g/mol. The Hall–Kier alpha value is -4.26. The van der Waals surface area contributed by atoms with Gasteiger partial charge in [0.05, 0.1) is 17.2 Å². The molecule has 30 heavy (non-hydrogen) atoms. The lowest BCUT2D eigenvalue weighted by Crippen LogP contribution is -2.17. The Morgan fingerprint density at radius 2 is 1.80 bits per heavy atom. The first-order valence-electron chi connectivity index (χ1n) is 9.25. The second kappa shape index (κ2) is 8.40. The summed E-state index contributed by atoms with van der Waals surface area (Å²) in [5.74, 6) is 0.485. The van der Waals surface area contributed by atoms with Crippen molar-refractivity contribution in [1.82, 2.24) is 15.4 Å². The van der Waals surface area contributed by atoms with E-state index in [0.717, 1.165) is 28.0 Å². The SMILES string of the molecule is CC(=O)Oc1ccc(/C=N/NC(=O)c2ccc3nc(-c4ccccc4)[nH]c3c2)cc1. The summed E-state index contributed by atoms with van der Waals surface area (Å²) >= 11 is 0. The lowest BCUT2D eigenvalue weighted by atomic mass is 10.2. The predicted molar refractivity (Wildman–Crippen MR) is 114 cm³/mol.